The standard InChI is InChI=1S/C15H13F3N2O/c16-15(17,18)10-4-1-3-9(7-10)13-8-11-12(19-20-13)5-2-6-14(11)21/h1,3-4,7,11H,2,5-6,8H2. The summed E-state index contributed by atoms with van der Waals surface area (Å²) in [7, 11) is 0. The molecule has 0 aromatic heterocycles. The Morgan fingerprint density at radius 1 is 1.14 bits per heavy atom. The van der Waals surface area contributed by atoms with E-state index in [0.717, 1.165) is 30.7 Å². The molecule has 0 spiro atoms. The van der Waals surface area contributed by atoms with E-state index in [9.17, 15) is 18.0 Å². The number of hydrogen-bond donors (Lipinski definition) is 0. The van der Waals surface area contributed by atoms with Crippen LogP contribution in [0.25, 0.3) is 0 Å². The minimum absolute atomic E-state index is 0.111. The van der Waals surface area contributed by atoms with E-state index in [0.29, 0.717) is 24.1 Å². The van der Waals surface area contributed by atoms with E-state index in [1.165, 1.54) is 6.07 Å². The molecular formula is C15H13F3N2O. The van der Waals surface area contributed by atoms with E-state index in [-0.39, 0.29) is 11.7 Å². The van der Waals surface area contributed by atoms with Crippen LogP contribution >= 0.6 is 0 Å². The smallest absolute Gasteiger partial charge is 0.299 e. The van der Waals surface area contributed by atoms with Gasteiger partial charge >= 0.3 is 6.18 Å². The maximum atomic E-state index is 12.7. The van der Waals surface area contributed by atoms with Gasteiger partial charge in [-0.15, -0.1) is 0 Å². The van der Waals surface area contributed by atoms with Crippen molar-refractivity contribution in [1.82, 2.24) is 0 Å². The predicted molar refractivity (Wildman–Crippen MR) is 72.4 cm³/mol. The molecule has 1 heterocycles. The molecule has 3 nitrogen and oxygen atoms in total. The molecule has 1 fully saturated rings. The average molecular weight is 294 g/mol. The first-order valence-electron chi connectivity index (χ1n) is 6.79. The fraction of sp³-hybridized carbons (Fsp3) is 0.400. The van der Waals surface area contributed by atoms with Gasteiger partial charge in [-0.05, 0) is 30.5 Å². The van der Waals surface area contributed by atoms with Crippen LogP contribution in [0, 0.1) is 5.92 Å². The van der Waals surface area contributed by atoms with Crippen LogP contribution in [0.1, 0.15) is 36.8 Å². The van der Waals surface area contributed by atoms with Gasteiger partial charge in [0.1, 0.15) is 5.78 Å². The topological polar surface area (TPSA) is 41.8 Å². The molecule has 1 unspecified atom stereocenters. The number of nitrogens with zero attached hydrogens (tertiary/aromatic N) is 2. The molecule has 0 N–H and O–H groups in total. The molecule has 3 rings (SSSR count). The second kappa shape index (κ2) is 5.09. The summed E-state index contributed by atoms with van der Waals surface area (Å²) in [6.07, 6.45) is -2.00. The number of ketones is 1. The van der Waals surface area contributed by atoms with E-state index in [1.54, 1.807) is 6.07 Å². The molecule has 6 heteroatoms. The summed E-state index contributed by atoms with van der Waals surface area (Å²) >= 11 is 0. The van der Waals surface area contributed by atoms with Crippen molar-refractivity contribution in [3.05, 3.63) is 35.4 Å². The number of fused-ring (bicyclic) bond motifs is 1. The van der Waals surface area contributed by atoms with Gasteiger partial charge in [0.05, 0.1) is 22.9 Å². The minimum Gasteiger partial charge on any atom is -0.299 e. The van der Waals surface area contributed by atoms with E-state index in [2.05, 4.69) is 10.2 Å². The summed E-state index contributed by atoms with van der Waals surface area (Å²) in [4.78, 5) is 11.9. The maximum absolute atomic E-state index is 12.7. The van der Waals surface area contributed by atoms with Gasteiger partial charge in [-0.1, -0.05) is 12.1 Å². The molecule has 0 radical (unpaired) electrons. The van der Waals surface area contributed by atoms with Crippen LogP contribution in [0.2, 0.25) is 0 Å². The Morgan fingerprint density at radius 3 is 2.71 bits per heavy atom. The third-order valence-corrected chi connectivity index (χ3v) is 3.87. The van der Waals surface area contributed by atoms with Crippen molar-refractivity contribution < 1.29 is 18.0 Å². The molecule has 1 aliphatic heterocycles. The van der Waals surface area contributed by atoms with Gasteiger partial charge < -0.3 is 0 Å². The van der Waals surface area contributed by atoms with Gasteiger partial charge in [-0.2, -0.15) is 23.4 Å². The quantitative estimate of drug-likeness (QED) is 0.780. The Labute approximate surface area is 119 Å². The highest BCUT2D eigenvalue weighted by Gasteiger charge is 2.34. The summed E-state index contributed by atoms with van der Waals surface area (Å²) in [5.41, 5.74) is 0.880. The van der Waals surface area contributed by atoms with Crippen LogP contribution in [-0.4, -0.2) is 17.2 Å². The van der Waals surface area contributed by atoms with Gasteiger partial charge in [0, 0.05) is 12.8 Å². The van der Waals surface area contributed by atoms with E-state index < -0.39 is 11.7 Å². The number of benzene rings is 1. The van der Waals surface area contributed by atoms with Gasteiger partial charge in [0.2, 0.25) is 0 Å². The fourth-order valence-electron chi connectivity index (χ4n) is 2.74. The van der Waals surface area contributed by atoms with Crippen molar-refractivity contribution in [3.8, 4) is 0 Å². The molecule has 110 valence electrons. The third kappa shape index (κ3) is 2.75. The van der Waals surface area contributed by atoms with Gasteiger partial charge in [-0.3, -0.25) is 4.79 Å². The first kappa shape index (κ1) is 14.0. The molecule has 1 aliphatic carbocycles. The number of carbonyl (C=O) groups excluding carboxylic acids is 1. The van der Waals surface area contributed by atoms with Crippen LogP contribution in [-0.2, 0) is 11.0 Å². The Balaban J connectivity index is 1.93. The molecule has 1 saturated carbocycles. The van der Waals surface area contributed by atoms with Crippen molar-refractivity contribution in [2.75, 3.05) is 0 Å². The SMILES string of the molecule is O=C1CCCC2=NN=C(c3cccc(C(F)(F)F)c3)CC12. The Kier molecular flexibility index (Phi) is 3.39. The molecule has 0 saturated heterocycles. The molecule has 2 aliphatic rings. The predicted octanol–water partition coefficient (Wildman–Crippen LogP) is 3.62. The van der Waals surface area contributed by atoms with Crippen LogP contribution in [0.5, 0.6) is 0 Å². The number of alkyl halides is 3. The molecule has 0 amide bonds. The first-order valence-corrected chi connectivity index (χ1v) is 6.79. The second-order valence-corrected chi connectivity index (χ2v) is 5.29. The lowest BCUT2D eigenvalue weighted by atomic mass is 9.81. The van der Waals surface area contributed by atoms with Gasteiger partial charge in [-0.25, -0.2) is 0 Å². The Bertz CT molecular complexity index is 647. The van der Waals surface area contributed by atoms with Crippen LogP contribution in [0.4, 0.5) is 13.2 Å². The maximum Gasteiger partial charge on any atom is 0.416 e. The van der Waals surface area contributed by atoms with Crippen molar-refractivity contribution in [1.29, 1.82) is 0 Å². The van der Waals surface area contributed by atoms with Crippen molar-refractivity contribution in [2.24, 2.45) is 16.1 Å². The number of halogens is 3. The number of rotatable bonds is 1. The number of carbonyl (C=O) groups is 1. The minimum atomic E-state index is -4.39. The second-order valence-electron chi connectivity index (χ2n) is 5.29. The van der Waals surface area contributed by atoms with E-state index >= 15 is 0 Å². The van der Waals surface area contributed by atoms with Gasteiger partial charge in [0.15, 0.2) is 0 Å². The Hall–Kier alpha value is -1.98. The van der Waals surface area contributed by atoms with E-state index in [1.807, 2.05) is 0 Å². The zero-order valence-corrected chi connectivity index (χ0v) is 11.2. The van der Waals surface area contributed by atoms with Crippen molar-refractivity contribution >= 4 is 17.2 Å². The highest BCUT2D eigenvalue weighted by Crippen LogP contribution is 2.31. The molecule has 21 heavy (non-hydrogen) atoms. The molecule has 1 aromatic rings. The monoisotopic (exact) mass is 294 g/mol. The molecular weight excluding hydrogens is 281 g/mol. The third-order valence-electron chi connectivity index (χ3n) is 3.87. The average Bonchev–Trinajstić information content (AvgIpc) is 2.47. The Morgan fingerprint density at radius 2 is 1.95 bits per heavy atom. The summed E-state index contributed by atoms with van der Waals surface area (Å²) in [6.45, 7) is 0. The number of hydrogen-bond acceptors (Lipinski definition) is 3. The molecule has 1 atom stereocenters. The van der Waals surface area contributed by atoms with Crippen molar-refractivity contribution in [3.63, 3.8) is 0 Å². The summed E-state index contributed by atoms with van der Waals surface area (Å²) in [6, 6.07) is 5.00. The first-order chi connectivity index (χ1) is 9.95. The highest BCUT2D eigenvalue weighted by atomic mass is 19.4. The van der Waals surface area contributed by atoms with Crippen LogP contribution in [0.3, 0.4) is 0 Å². The lowest BCUT2D eigenvalue weighted by molar-refractivity contribution is -0.137. The summed E-state index contributed by atoms with van der Waals surface area (Å²) in [5.74, 6) is -0.194. The summed E-state index contributed by atoms with van der Waals surface area (Å²) < 4.78 is 38.2. The lowest BCUT2D eigenvalue weighted by Crippen LogP contribution is -2.33. The fourth-order valence-corrected chi connectivity index (χ4v) is 2.74. The zero-order chi connectivity index (χ0) is 15.0. The normalized spacial score (nSPS) is 22.4. The largest absolute Gasteiger partial charge is 0.416 e. The van der Waals surface area contributed by atoms with Crippen LogP contribution in [0.15, 0.2) is 34.5 Å². The van der Waals surface area contributed by atoms with Crippen molar-refractivity contribution in [2.45, 2.75) is 31.9 Å². The number of Topliss-reactive ketones (excluding diaryl/α,β-unsaturated/α-hetero) is 1. The molecule has 0 bridgehead atoms. The lowest BCUT2D eigenvalue weighted by Gasteiger charge is -2.25. The highest BCUT2D eigenvalue weighted by molar-refractivity contribution is 6.14. The van der Waals surface area contributed by atoms with Crippen LogP contribution < -0.4 is 0 Å². The zero-order valence-electron chi connectivity index (χ0n) is 11.2. The molecule has 1 aromatic carbocycles. The summed E-state index contributed by atoms with van der Waals surface area (Å²) in [5, 5.41) is 8.08. The van der Waals surface area contributed by atoms with Gasteiger partial charge in [0.25, 0.3) is 0 Å². The van der Waals surface area contributed by atoms with E-state index in [4.69, 9.17) is 0 Å².